The van der Waals surface area contributed by atoms with Crippen LogP contribution in [0.5, 0.6) is 0 Å². The van der Waals surface area contributed by atoms with Crippen LogP contribution < -0.4 is 5.32 Å². The van der Waals surface area contributed by atoms with Gasteiger partial charge < -0.3 is 9.88 Å². The van der Waals surface area contributed by atoms with Crippen LogP contribution in [-0.4, -0.2) is 20.7 Å². The van der Waals surface area contributed by atoms with Crippen LogP contribution in [0.15, 0.2) is 54.6 Å². The van der Waals surface area contributed by atoms with Gasteiger partial charge in [0.15, 0.2) is 5.82 Å². The highest BCUT2D eigenvalue weighted by molar-refractivity contribution is 5.96. The number of nitrogens with one attached hydrogen (secondary N) is 1. The van der Waals surface area contributed by atoms with Crippen LogP contribution in [0.4, 0.5) is 5.69 Å². The first-order chi connectivity index (χ1) is 14.7. The van der Waals surface area contributed by atoms with Gasteiger partial charge in [0, 0.05) is 24.2 Å². The van der Waals surface area contributed by atoms with Gasteiger partial charge in [-0.25, -0.2) is 0 Å². The number of carbonyl (C=O) groups excluding carboxylic acids is 1. The van der Waals surface area contributed by atoms with Crippen LogP contribution in [0.3, 0.4) is 0 Å². The summed E-state index contributed by atoms with van der Waals surface area (Å²) in [7, 11) is 0. The lowest BCUT2D eigenvalue weighted by Gasteiger charge is -2.23. The monoisotopic (exact) mass is 402 g/mol. The Morgan fingerprint density at radius 3 is 2.70 bits per heavy atom. The Kier molecular flexibility index (Phi) is 6.26. The van der Waals surface area contributed by atoms with Crippen molar-refractivity contribution in [2.24, 2.45) is 5.92 Å². The van der Waals surface area contributed by atoms with Crippen molar-refractivity contribution in [3.8, 4) is 11.4 Å². The van der Waals surface area contributed by atoms with Gasteiger partial charge in [-0.05, 0) is 36.5 Å². The fraction of sp³-hybridized carbons (Fsp3) is 0.400. The second-order valence-electron chi connectivity index (χ2n) is 8.25. The second kappa shape index (κ2) is 9.24. The lowest BCUT2D eigenvalue weighted by Crippen LogP contribution is -2.26. The molecule has 5 nitrogen and oxygen atoms in total. The Bertz CT molecular complexity index is 995. The first-order valence-electron chi connectivity index (χ1n) is 11.1. The highest BCUT2D eigenvalue weighted by atomic mass is 16.1. The molecule has 1 aliphatic rings. The molecular formula is C25H30N4O. The van der Waals surface area contributed by atoms with E-state index >= 15 is 0 Å². The maximum atomic E-state index is 13.2. The van der Waals surface area contributed by atoms with Crippen molar-refractivity contribution in [3.05, 3.63) is 66.0 Å². The number of hydrogen-bond donors (Lipinski definition) is 1. The number of rotatable bonds is 6. The fourth-order valence-electron chi connectivity index (χ4n) is 4.29. The molecule has 0 aliphatic carbocycles. The molecule has 3 aromatic rings. The third-order valence-electron chi connectivity index (χ3n) is 6.15. The zero-order valence-corrected chi connectivity index (χ0v) is 17.8. The average molecular weight is 403 g/mol. The van der Waals surface area contributed by atoms with Gasteiger partial charge in [0.05, 0.1) is 5.92 Å². The predicted octanol–water partition coefficient (Wildman–Crippen LogP) is 5.44. The maximum Gasteiger partial charge on any atom is 0.232 e. The highest BCUT2D eigenvalue weighted by Gasteiger charge is 2.26. The summed E-state index contributed by atoms with van der Waals surface area (Å²) in [6, 6.07) is 18.0. The molecular weight excluding hydrogens is 372 g/mol. The molecule has 1 aromatic heterocycles. The van der Waals surface area contributed by atoms with E-state index in [1.807, 2.05) is 54.6 Å². The van der Waals surface area contributed by atoms with Gasteiger partial charge >= 0.3 is 0 Å². The molecule has 4 rings (SSSR count). The normalized spacial score (nSPS) is 15.7. The smallest absolute Gasteiger partial charge is 0.232 e. The molecule has 0 saturated heterocycles. The molecule has 5 heteroatoms. The van der Waals surface area contributed by atoms with Gasteiger partial charge in [0.2, 0.25) is 5.91 Å². The summed E-state index contributed by atoms with van der Waals surface area (Å²) >= 11 is 0. The van der Waals surface area contributed by atoms with E-state index in [0.29, 0.717) is 0 Å². The maximum absolute atomic E-state index is 13.2. The zero-order valence-electron chi connectivity index (χ0n) is 17.8. The molecule has 0 radical (unpaired) electrons. The quantitative estimate of drug-likeness (QED) is 0.597. The molecule has 0 fully saturated rings. The number of amides is 1. The molecule has 0 spiro atoms. The Balaban J connectivity index is 1.58. The second-order valence-corrected chi connectivity index (χ2v) is 8.25. The van der Waals surface area contributed by atoms with Crippen molar-refractivity contribution in [1.29, 1.82) is 0 Å². The van der Waals surface area contributed by atoms with E-state index in [9.17, 15) is 4.79 Å². The van der Waals surface area contributed by atoms with E-state index in [-0.39, 0.29) is 17.7 Å². The number of aryl methyl sites for hydroxylation is 1. The van der Waals surface area contributed by atoms with Crippen LogP contribution in [-0.2, 0) is 17.8 Å². The fourth-order valence-corrected chi connectivity index (χ4v) is 4.29. The molecule has 2 unspecified atom stereocenters. The Morgan fingerprint density at radius 1 is 1.07 bits per heavy atom. The number of aromatic nitrogens is 3. The molecule has 1 N–H and O–H groups in total. The molecule has 1 aliphatic heterocycles. The third kappa shape index (κ3) is 4.30. The van der Waals surface area contributed by atoms with Crippen LogP contribution in [0.1, 0.15) is 56.8 Å². The minimum absolute atomic E-state index is 0.0350. The first-order valence-corrected chi connectivity index (χ1v) is 11.1. The molecule has 30 heavy (non-hydrogen) atoms. The van der Waals surface area contributed by atoms with Crippen molar-refractivity contribution in [3.63, 3.8) is 0 Å². The minimum Gasteiger partial charge on any atom is -0.326 e. The van der Waals surface area contributed by atoms with Crippen LogP contribution in [0.2, 0.25) is 0 Å². The van der Waals surface area contributed by atoms with Gasteiger partial charge in [-0.2, -0.15) is 0 Å². The lowest BCUT2D eigenvalue weighted by molar-refractivity contribution is -0.118. The van der Waals surface area contributed by atoms with Gasteiger partial charge in [-0.3, -0.25) is 4.79 Å². The first kappa shape index (κ1) is 20.3. The molecule has 156 valence electrons. The zero-order chi connectivity index (χ0) is 20.9. The molecule has 0 bridgehead atoms. The molecule has 2 atom stereocenters. The highest BCUT2D eigenvalue weighted by Crippen LogP contribution is 2.30. The summed E-state index contributed by atoms with van der Waals surface area (Å²) in [6.45, 7) is 5.23. The summed E-state index contributed by atoms with van der Waals surface area (Å²) in [4.78, 5) is 13.2. The number of benzene rings is 2. The third-order valence-corrected chi connectivity index (χ3v) is 6.15. The van der Waals surface area contributed by atoms with Gasteiger partial charge in [-0.15, -0.1) is 10.2 Å². The summed E-state index contributed by atoms with van der Waals surface area (Å²) in [5, 5.41) is 12.0. The van der Waals surface area contributed by atoms with E-state index in [4.69, 9.17) is 0 Å². The number of nitrogens with zero attached hydrogens (tertiary/aromatic N) is 3. The van der Waals surface area contributed by atoms with Crippen molar-refractivity contribution in [2.75, 3.05) is 5.32 Å². The van der Waals surface area contributed by atoms with E-state index in [1.54, 1.807) is 0 Å². The van der Waals surface area contributed by atoms with Gasteiger partial charge in [0.25, 0.3) is 0 Å². The van der Waals surface area contributed by atoms with E-state index in [1.165, 1.54) is 12.8 Å². The van der Waals surface area contributed by atoms with E-state index < -0.39 is 0 Å². The molecule has 1 amide bonds. The number of hydrogen-bond acceptors (Lipinski definition) is 3. The standard InChI is InChI=1S/C25H30N4O/c1-3-18(2)23(19-11-6-4-7-12-19)25(30)26-21-14-10-13-20(17-21)24-28-27-22-15-8-5-9-16-29(22)24/h4,6-7,10-14,17-18,23H,3,5,8-9,15-16H2,1-2H3,(H,26,30). The summed E-state index contributed by atoms with van der Waals surface area (Å²) in [5.74, 6) is 2.07. The van der Waals surface area contributed by atoms with Crippen molar-refractivity contribution in [1.82, 2.24) is 14.8 Å². The Morgan fingerprint density at radius 2 is 1.90 bits per heavy atom. The van der Waals surface area contributed by atoms with Crippen LogP contribution in [0.25, 0.3) is 11.4 Å². The average Bonchev–Trinajstić information content (AvgIpc) is 3.03. The van der Waals surface area contributed by atoms with Gasteiger partial charge in [0.1, 0.15) is 5.82 Å². The molecule has 2 aromatic carbocycles. The van der Waals surface area contributed by atoms with E-state index in [0.717, 1.165) is 54.3 Å². The SMILES string of the molecule is CCC(C)C(C(=O)Nc1cccc(-c2nnc3n2CCCCC3)c1)c1ccccc1. The topological polar surface area (TPSA) is 59.8 Å². The summed E-state index contributed by atoms with van der Waals surface area (Å²) < 4.78 is 2.24. The Labute approximate surface area is 178 Å². The van der Waals surface area contributed by atoms with Crippen molar-refractivity contribution in [2.45, 2.75) is 58.4 Å². The lowest BCUT2D eigenvalue weighted by atomic mass is 9.85. The predicted molar refractivity (Wildman–Crippen MR) is 120 cm³/mol. The Hall–Kier alpha value is -2.95. The number of anilines is 1. The number of fused-ring (bicyclic) bond motifs is 1. The summed E-state index contributed by atoms with van der Waals surface area (Å²) in [6.07, 6.45) is 5.48. The van der Waals surface area contributed by atoms with Crippen LogP contribution >= 0.6 is 0 Å². The van der Waals surface area contributed by atoms with Crippen molar-refractivity contribution >= 4 is 11.6 Å². The van der Waals surface area contributed by atoms with Gasteiger partial charge in [-0.1, -0.05) is 69.2 Å². The van der Waals surface area contributed by atoms with E-state index in [2.05, 4.69) is 33.9 Å². The van der Waals surface area contributed by atoms with Crippen LogP contribution in [0, 0.1) is 5.92 Å². The van der Waals surface area contributed by atoms with Crippen molar-refractivity contribution < 1.29 is 4.79 Å². The molecule has 2 heterocycles. The largest absolute Gasteiger partial charge is 0.326 e. The number of carbonyl (C=O) groups is 1. The molecule has 0 saturated carbocycles. The minimum atomic E-state index is -0.177. The summed E-state index contributed by atoms with van der Waals surface area (Å²) in [5.41, 5.74) is 2.85.